The van der Waals surface area contributed by atoms with Gasteiger partial charge in [-0.3, -0.25) is 13.9 Å². The molecule has 3 N–H and O–H groups in total. The van der Waals surface area contributed by atoms with Gasteiger partial charge in [-0.15, -0.1) is 0 Å². The van der Waals surface area contributed by atoms with Crippen molar-refractivity contribution in [1.82, 2.24) is 16.1 Å². The predicted molar refractivity (Wildman–Crippen MR) is 60.9 cm³/mol. The minimum absolute atomic E-state index is 0. The standard InChI is InChI=1S/C8H18N2O4S.H3N/c1-2-13-10-5-3-9(4-6-10)7-8-14-15(11)12;/h15H,2-8H2,1H3;1H3. The van der Waals surface area contributed by atoms with Crippen LogP contribution in [0.15, 0.2) is 0 Å². The van der Waals surface area contributed by atoms with Crippen molar-refractivity contribution >= 4 is 11.0 Å². The molecule has 0 aromatic carbocycles. The highest BCUT2D eigenvalue weighted by Crippen LogP contribution is 2.01. The van der Waals surface area contributed by atoms with Crippen molar-refractivity contribution < 1.29 is 17.4 Å². The summed E-state index contributed by atoms with van der Waals surface area (Å²) < 4.78 is 24.8. The Balaban J connectivity index is 0.00000225. The van der Waals surface area contributed by atoms with Gasteiger partial charge in [0.05, 0.1) is 13.2 Å². The molecule has 0 saturated carbocycles. The Morgan fingerprint density at radius 1 is 1.19 bits per heavy atom. The first-order valence-corrected chi connectivity index (χ1v) is 6.19. The summed E-state index contributed by atoms with van der Waals surface area (Å²) in [5.74, 6) is 0. The van der Waals surface area contributed by atoms with Crippen molar-refractivity contribution in [3.8, 4) is 0 Å². The maximum atomic E-state index is 10.1. The zero-order chi connectivity index (χ0) is 11.1. The highest BCUT2D eigenvalue weighted by molar-refractivity contribution is 7.67. The molecule has 1 rings (SSSR count). The highest BCUT2D eigenvalue weighted by atomic mass is 32.2. The van der Waals surface area contributed by atoms with Crippen molar-refractivity contribution in [2.45, 2.75) is 6.92 Å². The molecule has 0 amide bonds. The number of hydrogen-bond acceptors (Lipinski definition) is 7. The van der Waals surface area contributed by atoms with Gasteiger partial charge in [0.25, 0.3) is 11.0 Å². The van der Waals surface area contributed by atoms with Crippen LogP contribution >= 0.6 is 0 Å². The molecule has 1 heterocycles. The molecular weight excluding hydrogens is 234 g/mol. The number of rotatable bonds is 6. The topological polar surface area (TPSA) is 94.1 Å². The molecule has 0 radical (unpaired) electrons. The third-order valence-electron chi connectivity index (χ3n) is 2.25. The first-order valence-electron chi connectivity index (χ1n) is 5.10. The Morgan fingerprint density at radius 2 is 1.81 bits per heavy atom. The van der Waals surface area contributed by atoms with E-state index in [9.17, 15) is 8.42 Å². The van der Waals surface area contributed by atoms with Crippen LogP contribution in [-0.4, -0.2) is 64.3 Å². The van der Waals surface area contributed by atoms with E-state index in [1.165, 1.54) is 0 Å². The summed E-state index contributed by atoms with van der Waals surface area (Å²) in [4.78, 5) is 7.51. The second-order valence-corrected chi connectivity index (χ2v) is 3.95. The highest BCUT2D eigenvalue weighted by Gasteiger charge is 2.16. The van der Waals surface area contributed by atoms with Crippen LogP contribution < -0.4 is 6.15 Å². The van der Waals surface area contributed by atoms with Crippen LogP contribution in [0.1, 0.15) is 6.92 Å². The van der Waals surface area contributed by atoms with Crippen LogP contribution in [0.3, 0.4) is 0 Å². The first-order chi connectivity index (χ1) is 7.22. The fraction of sp³-hybridized carbons (Fsp3) is 1.00. The fourth-order valence-corrected chi connectivity index (χ4v) is 1.74. The zero-order valence-electron chi connectivity index (χ0n) is 9.63. The summed E-state index contributed by atoms with van der Waals surface area (Å²) in [6, 6.07) is 0. The summed E-state index contributed by atoms with van der Waals surface area (Å²) in [5.41, 5.74) is 0. The molecule has 1 aliphatic rings. The van der Waals surface area contributed by atoms with Crippen LogP contribution in [0, 0.1) is 0 Å². The second-order valence-electron chi connectivity index (χ2n) is 3.25. The van der Waals surface area contributed by atoms with Gasteiger partial charge in [-0.05, 0) is 6.92 Å². The SMILES string of the molecule is CCON1CCN(CCO[SH](=O)=O)CC1.N. The quantitative estimate of drug-likeness (QED) is 0.604. The fourth-order valence-electron chi connectivity index (χ4n) is 1.51. The Hall–Kier alpha value is -0.250. The summed E-state index contributed by atoms with van der Waals surface area (Å²) in [6.45, 7) is 7.05. The Labute approximate surface area is 98.0 Å². The van der Waals surface area contributed by atoms with E-state index in [-0.39, 0.29) is 12.8 Å². The van der Waals surface area contributed by atoms with Gasteiger partial charge >= 0.3 is 0 Å². The lowest BCUT2D eigenvalue weighted by Gasteiger charge is -2.33. The lowest BCUT2D eigenvalue weighted by molar-refractivity contribution is -0.172. The molecule has 98 valence electrons. The average molecular weight is 255 g/mol. The van der Waals surface area contributed by atoms with Crippen molar-refractivity contribution in [2.24, 2.45) is 0 Å². The largest absolute Gasteiger partial charge is 0.344 e. The smallest absolute Gasteiger partial charge is 0.257 e. The van der Waals surface area contributed by atoms with Gasteiger partial charge in [0, 0.05) is 32.7 Å². The van der Waals surface area contributed by atoms with Gasteiger partial charge in [0.1, 0.15) is 0 Å². The summed E-state index contributed by atoms with van der Waals surface area (Å²) >= 11 is 0. The van der Waals surface area contributed by atoms with E-state index < -0.39 is 11.0 Å². The average Bonchev–Trinajstić information content (AvgIpc) is 2.20. The van der Waals surface area contributed by atoms with E-state index in [4.69, 9.17) is 4.84 Å². The molecule has 0 unspecified atom stereocenters. The predicted octanol–water partition coefficient (Wildman–Crippen LogP) is -0.739. The first kappa shape index (κ1) is 15.8. The molecule has 16 heavy (non-hydrogen) atoms. The van der Waals surface area contributed by atoms with Crippen LogP contribution in [0.5, 0.6) is 0 Å². The van der Waals surface area contributed by atoms with Gasteiger partial charge in [-0.25, -0.2) is 8.42 Å². The third kappa shape index (κ3) is 6.36. The van der Waals surface area contributed by atoms with Gasteiger partial charge in [0.15, 0.2) is 0 Å². The molecule has 8 heteroatoms. The van der Waals surface area contributed by atoms with Crippen molar-refractivity contribution in [3.63, 3.8) is 0 Å². The van der Waals surface area contributed by atoms with Crippen molar-refractivity contribution in [3.05, 3.63) is 0 Å². The monoisotopic (exact) mass is 255 g/mol. The maximum Gasteiger partial charge on any atom is 0.257 e. The molecule has 7 nitrogen and oxygen atoms in total. The number of nitrogens with zero attached hydrogens (tertiary/aromatic N) is 2. The van der Waals surface area contributed by atoms with E-state index in [0.29, 0.717) is 13.2 Å². The minimum Gasteiger partial charge on any atom is -0.344 e. The Morgan fingerprint density at radius 3 is 2.31 bits per heavy atom. The van der Waals surface area contributed by atoms with Crippen LogP contribution in [0.2, 0.25) is 0 Å². The third-order valence-corrected chi connectivity index (χ3v) is 2.64. The van der Waals surface area contributed by atoms with E-state index in [2.05, 4.69) is 9.08 Å². The van der Waals surface area contributed by atoms with Crippen molar-refractivity contribution in [1.29, 1.82) is 0 Å². The van der Waals surface area contributed by atoms with Gasteiger partial charge in [0.2, 0.25) is 0 Å². The van der Waals surface area contributed by atoms with Gasteiger partial charge < -0.3 is 6.15 Å². The molecule has 0 aromatic rings. The Kier molecular flexibility index (Phi) is 8.71. The number of hydroxylamine groups is 2. The number of hydrogen-bond donors (Lipinski definition) is 2. The zero-order valence-corrected chi connectivity index (χ0v) is 10.5. The van der Waals surface area contributed by atoms with Crippen molar-refractivity contribution in [2.75, 3.05) is 45.9 Å². The number of piperazine rings is 1. The molecule has 0 bridgehead atoms. The van der Waals surface area contributed by atoms with E-state index >= 15 is 0 Å². The maximum absolute atomic E-state index is 10.1. The van der Waals surface area contributed by atoms with Crippen LogP contribution in [0.25, 0.3) is 0 Å². The molecule has 1 aliphatic heterocycles. The molecule has 0 atom stereocenters. The lowest BCUT2D eigenvalue weighted by atomic mass is 10.3. The lowest BCUT2D eigenvalue weighted by Crippen LogP contribution is -2.47. The normalized spacial score (nSPS) is 18.6. The summed E-state index contributed by atoms with van der Waals surface area (Å²) in [6.07, 6.45) is 0. The summed E-state index contributed by atoms with van der Waals surface area (Å²) in [7, 11) is -2.70. The minimum atomic E-state index is -2.70. The van der Waals surface area contributed by atoms with E-state index in [1.54, 1.807) is 0 Å². The van der Waals surface area contributed by atoms with E-state index in [1.807, 2.05) is 12.0 Å². The molecule has 0 aliphatic carbocycles. The second kappa shape index (κ2) is 8.85. The molecule has 0 spiro atoms. The molecular formula is C8H21N3O4S. The van der Waals surface area contributed by atoms with Gasteiger partial charge in [-0.1, -0.05) is 0 Å². The summed E-state index contributed by atoms with van der Waals surface area (Å²) in [5, 5.41) is 1.94. The Bertz CT molecular complexity index is 233. The van der Waals surface area contributed by atoms with E-state index in [0.717, 1.165) is 26.2 Å². The number of thiol groups is 1. The molecule has 1 fully saturated rings. The molecule has 1 saturated heterocycles. The van der Waals surface area contributed by atoms with Crippen LogP contribution in [0.4, 0.5) is 0 Å². The van der Waals surface area contributed by atoms with Crippen LogP contribution in [-0.2, 0) is 20.0 Å². The molecule has 0 aromatic heterocycles. The van der Waals surface area contributed by atoms with Gasteiger partial charge in [-0.2, -0.15) is 5.06 Å².